The van der Waals surface area contributed by atoms with Gasteiger partial charge >= 0.3 is 0 Å². The van der Waals surface area contributed by atoms with Crippen molar-refractivity contribution in [2.24, 2.45) is 0 Å². The van der Waals surface area contributed by atoms with E-state index in [-0.39, 0.29) is 18.2 Å². The van der Waals surface area contributed by atoms with Crippen LogP contribution in [0.2, 0.25) is 5.02 Å². The van der Waals surface area contributed by atoms with Gasteiger partial charge in [0.05, 0.1) is 18.1 Å². The number of carbonyl (C=O) groups excluding carboxylic acids is 2. The molecule has 2 amide bonds. The number of piperazine rings is 1. The van der Waals surface area contributed by atoms with E-state index in [4.69, 9.17) is 11.6 Å². The van der Waals surface area contributed by atoms with E-state index in [0.717, 1.165) is 0 Å². The van der Waals surface area contributed by atoms with Crippen molar-refractivity contribution in [1.82, 2.24) is 9.80 Å². The van der Waals surface area contributed by atoms with Crippen LogP contribution >= 0.6 is 11.6 Å². The Hall–Kier alpha value is -1.59. The standard InChI is InChI=1S/C17H23ClN2O3/c1-12(21)19-8-9-20(17(2,3)11-19)16(23)10-15(22)13-4-6-14(18)7-5-13/h4-7,15,22H,8-11H2,1-3H3. The summed E-state index contributed by atoms with van der Waals surface area (Å²) in [6, 6.07) is 6.83. The third-order valence-corrected chi connectivity index (χ3v) is 4.52. The number of nitrogens with zero attached hydrogens (tertiary/aromatic N) is 2. The van der Waals surface area contributed by atoms with Gasteiger partial charge in [-0.15, -0.1) is 0 Å². The summed E-state index contributed by atoms with van der Waals surface area (Å²) in [4.78, 5) is 27.6. The van der Waals surface area contributed by atoms with E-state index in [0.29, 0.717) is 30.2 Å². The predicted octanol–water partition coefficient (Wildman–Crippen LogP) is 2.23. The summed E-state index contributed by atoms with van der Waals surface area (Å²) in [6.07, 6.45) is -0.841. The average Bonchev–Trinajstić information content (AvgIpc) is 2.46. The number of aliphatic hydroxyl groups is 1. The zero-order chi connectivity index (χ0) is 17.2. The van der Waals surface area contributed by atoms with Crippen molar-refractivity contribution >= 4 is 23.4 Å². The summed E-state index contributed by atoms with van der Waals surface area (Å²) in [5.41, 5.74) is 0.226. The largest absolute Gasteiger partial charge is 0.388 e. The molecule has 1 heterocycles. The number of carbonyl (C=O) groups is 2. The topological polar surface area (TPSA) is 60.9 Å². The first-order valence-corrected chi connectivity index (χ1v) is 8.08. The number of benzene rings is 1. The van der Waals surface area contributed by atoms with Crippen LogP contribution in [0.25, 0.3) is 0 Å². The molecule has 2 rings (SSSR count). The molecule has 1 aromatic carbocycles. The van der Waals surface area contributed by atoms with Gasteiger partial charge < -0.3 is 14.9 Å². The first-order chi connectivity index (χ1) is 10.7. The lowest BCUT2D eigenvalue weighted by atomic mass is 9.97. The Morgan fingerprint density at radius 1 is 1.26 bits per heavy atom. The van der Waals surface area contributed by atoms with Crippen LogP contribution in [-0.2, 0) is 9.59 Å². The van der Waals surface area contributed by atoms with E-state index in [1.165, 1.54) is 6.92 Å². The quantitative estimate of drug-likeness (QED) is 0.919. The highest BCUT2D eigenvalue weighted by Crippen LogP contribution is 2.25. The average molecular weight is 339 g/mol. The van der Waals surface area contributed by atoms with Gasteiger partial charge in [0.2, 0.25) is 11.8 Å². The van der Waals surface area contributed by atoms with Crippen LogP contribution in [0.3, 0.4) is 0 Å². The summed E-state index contributed by atoms with van der Waals surface area (Å²) >= 11 is 5.83. The number of hydrogen-bond acceptors (Lipinski definition) is 3. The molecule has 1 aliphatic rings. The molecule has 0 aliphatic carbocycles. The van der Waals surface area contributed by atoms with Crippen molar-refractivity contribution in [2.75, 3.05) is 19.6 Å². The van der Waals surface area contributed by atoms with Crippen LogP contribution in [0.15, 0.2) is 24.3 Å². The number of amides is 2. The Labute approximate surface area is 141 Å². The van der Waals surface area contributed by atoms with E-state index in [1.54, 1.807) is 34.1 Å². The molecule has 0 bridgehead atoms. The van der Waals surface area contributed by atoms with Gasteiger partial charge in [0, 0.05) is 31.6 Å². The molecule has 1 unspecified atom stereocenters. The molecule has 1 aliphatic heterocycles. The lowest BCUT2D eigenvalue weighted by molar-refractivity contribution is -0.148. The lowest BCUT2D eigenvalue weighted by Gasteiger charge is -2.47. The normalized spacial score (nSPS) is 18.7. The Morgan fingerprint density at radius 2 is 1.87 bits per heavy atom. The van der Waals surface area contributed by atoms with Crippen molar-refractivity contribution in [3.05, 3.63) is 34.9 Å². The minimum atomic E-state index is -0.860. The Morgan fingerprint density at radius 3 is 2.39 bits per heavy atom. The molecule has 23 heavy (non-hydrogen) atoms. The van der Waals surface area contributed by atoms with Crippen LogP contribution in [0.4, 0.5) is 0 Å². The maximum atomic E-state index is 12.6. The minimum Gasteiger partial charge on any atom is -0.388 e. The van der Waals surface area contributed by atoms with E-state index < -0.39 is 11.6 Å². The van der Waals surface area contributed by atoms with E-state index in [9.17, 15) is 14.7 Å². The second-order valence-electron chi connectivity index (χ2n) is 6.57. The van der Waals surface area contributed by atoms with Crippen LogP contribution in [0.1, 0.15) is 38.9 Å². The van der Waals surface area contributed by atoms with Gasteiger partial charge in [0.1, 0.15) is 0 Å². The molecule has 0 saturated carbocycles. The molecule has 5 nitrogen and oxygen atoms in total. The molecule has 0 aromatic heterocycles. The van der Waals surface area contributed by atoms with Crippen molar-refractivity contribution in [3.63, 3.8) is 0 Å². The number of hydrogen-bond donors (Lipinski definition) is 1. The van der Waals surface area contributed by atoms with Gasteiger partial charge in [-0.25, -0.2) is 0 Å². The van der Waals surface area contributed by atoms with Crippen LogP contribution < -0.4 is 0 Å². The summed E-state index contributed by atoms with van der Waals surface area (Å²) in [5, 5.41) is 10.9. The smallest absolute Gasteiger partial charge is 0.226 e. The monoisotopic (exact) mass is 338 g/mol. The van der Waals surface area contributed by atoms with E-state index in [1.807, 2.05) is 13.8 Å². The molecule has 0 spiro atoms. The van der Waals surface area contributed by atoms with E-state index in [2.05, 4.69) is 0 Å². The van der Waals surface area contributed by atoms with Crippen molar-refractivity contribution in [3.8, 4) is 0 Å². The van der Waals surface area contributed by atoms with Crippen LogP contribution in [0.5, 0.6) is 0 Å². The second-order valence-corrected chi connectivity index (χ2v) is 7.01. The number of aliphatic hydroxyl groups excluding tert-OH is 1. The molecule has 1 aromatic rings. The summed E-state index contributed by atoms with van der Waals surface area (Å²) < 4.78 is 0. The summed E-state index contributed by atoms with van der Waals surface area (Å²) in [5.74, 6) is -0.0907. The molecular formula is C17H23ClN2O3. The molecule has 1 fully saturated rings. The fourth-order valence-corrected chi connectivity index (χ4v) is 3.09. The van der Waals surface area contributed by atoms with Crippen molar-refractivity contribution < 1.29 is 14.7 Å². The number of halogens is 1. The van der Waals surface area contributed by atoms with Crippen LogP contribution in [-0.4, -0.2) is 51.9 Å². The molecule has 1 N–H and O–H groups in total. The number of rotatable bonds is 3. The van der Waals surface area contributed by atoms with Gasteiger partial charge in [-0.05, 0) is 31.5 Å². The highest BCUT2D eigenvalue weighted by molar-refractivity contribution is 6.30. The summed E-state index contributed by atoms with van der Waals surface area (Å²) in [7, 11) is 0. The van der Waals surface area contributed by atoms with Gasteiger partial charge in [-0.2, -0.15) is 0 Å². The molecule has 126 valence electrons. The third kappa shape index (κ3) is 4.24. The molecule has 0 radical (unpaired) electrons. The Balaban J connectivity index is 2.02. The highest BCUT2D eigenvalue weighted by Gasteiger charge is 2.37. The minimum absolute atomic E-state index is 0.0190. The molecule has 1 atom stereocenters. The summed E-state index contributed by atoms with van der Waals surface area (Å²) in [6.45, 7) is 6.94. The zero-order valence-electron chi connectivity index (χ0n) is 13.8. The van der Waals surface area contributed by atoms with Crippen molar-refractivity contribution in [2.45, 2.75) is 38.8 Å². The van der Waals surface area contributed by atoms with Crippen molar-refractivity contribution in [1.29, 1.82) is 0 Å². The fourth-order valence-electron chi connectivity index (χ4n) is 2.96. The first-order valence-electron chi connectivity index (χ1n) is 7.70. The zero-order valence-corrected chi connectivity index (χ0v) is 14.5. The maximum Gasteiger partial charge on any atom is 0.226 e. The molecular weight excluding hydrogens is 316 g/mol. The van der Waals surface area contributed by atoms with Gasteiger partial charge in [-0.3, -0.25) is 9.59 Å². The van der Waals surface area contributed by atoms with Gasteiger partial charge in [-0.1, -0.05) is 23.7 Å². The second kappa shape index (κ2) is 6.89. The van der Waals surface area contributed by atoms with Crippen LogP contribution in [0, 0.1) is 0 Å². The maximum absolute atomic E-state index is 12.6. The van der Waals surface area contributed by atoms with E-state index >= 15 is 0 Å². The lowest BCUT2D eigenvalue weighted by Crippen LogP contribution is -2.61. The SMILES string of the molecule is CC(=O)N1CCN(C(=O)CC(O)c2ccc(Cl)cc2)C(C)(C)C1. The molecule has 1 saturated heterocycles. The molecule has 6 heteroatoms. The van der Waals surface area contributed by atoms with Gasteiger partial charge in [0.15, 0.2) is 0 Å². The first kappa shape index (κ1) is 17.8. The third-order valence-electron chi connectivity index (χ3n) is 4.27. The van der Waals surface area contributed by atoms with Gasteiger partial charge in [0.25, 0.3) is 0 Å². The highest BCUT2D eigenvalue weighted by atomic mass is 35.5. The Bertz CT molecular complexity index is 586. The fraction of sp³-hybridized carbons (Fsp3) is 0.529. The Kier molecular flexibility index (Phi) is 5.32. The predicted molar refractivity (Wildman–Crippen MR) is 89.1 cm³/mol.